The summed E-state index contributed by atoms with van der Waals surface area (Å²) >= 11 is 0. The highest BCUT2D eigenvalue weighted by atomic mass is 14.2. The third-order valence-electron chi connectivity index (χ3n) is 2.64. The van der Waals surface area contributed by atoms with Crippen LogP contribution in [0.1, 0.15) is 46.5 Å². The molecule has 0 saturated heterocycles. The van der Waals surface area contributed by atoms with E-state index in [4.69, 9.17) is 0 Å². The van der Waals surface area contributed by atoms with Crippen LogP contribution in [0.4, 0.5) is 0 Å². The van der Waals surface area contributed by atoms with Crippen molar-refractivity contribution >= 4 is 0 Å². The summed E-state index contributed by atoms with van der Waals surface area (Å²) in [5, 5.41) is 0. The first-order chi connectivity index (χ1) is 5.22. The van der Waals surface area contributed by atoms with Gasteiger partial charge in [0, 0.05) is 0 Å². The van der Waals surface area contributed by atoms with Gasteiger partial charge in [0.05, 0.1) is 0 Å². The van der Waals surface area contributed by atoms with Crippen molar-refractivity contribution in [1.29, 1.82) is 0 Å². The molecule has 0 nitrogen and oxygen atoms in total. The summed E-state index contributed by atoms with van der Waals surface area (Å²) in [7, 11) is 0. The normalized spacial score (nSPS) is 28.7. The molecule has 0 aliphatic heterocycles. The van der Waals surface area contributed by atoms with Crippen LogP contribution in [0.15, 0.2) is 11.6 Å². The van der Waals surface area contributed by atoms with Crippen molar-refractivity contribution in [3.8, 4) is 0 Å². The third-order valence-corrected chi connectivity index (χ3v) is 2.64. The molecule has 0 aromatic rings. The molecular formula is C11H20. The Labute approximate surface area is 70.7 Å². The molecule has 0 aromatic carbocycles. The van der Waals surface area contributed by atoms with E-state index in [0.29, 0.717) is 0 Å². The Kier molecular flexibility index (Phi) is 3.16. The van der Waals surface area contributed by atoms with Gasteiger partial charge in [0.1, 0.15) is 0 Å². The first-order valence-corrected chi connectivity index (χ1v) is 4.86. The Balaban J connectivity index is 2.30. The highest BCUT2D eigenvalue weighted by molar-refractivity contribution is 5.06. The molecule has 1 unspecified atom stereocenters. The molecule has 0 amide bonds. The van der Waals surface area contributed by atoms with Crippen LogP contribution in [0.25, 0.3) is 0 Å². The Morgan fingerprint density at radius 2 is 2.27 bits per heavy atom. The van der Waals surface area contributed by atoms with Gasteiger partial charge in [0.15, 0.2) is 0 Å². The SMILES string of the molecule is C/C=C1/CCC(CC(C)C)C1. The summed E-state index contributed by atoms with van der Waals surface area (Å²) in [6.45, 7) is 6.83. The predicted octanol–water partition coefficient (Wildman–Crippen LogP) is 3.78. The van der Waals surface area contributed by atoms with E-state index in [1.165, 1.54) is 25.7 Å². The van der Waals surface area contributed by atoms with Crippen LogP contribution >= 0.6 is 0 Å². The molecule has 1 aliphatic rings. The fourth-order valence-corrected chi connectivity index (χ4v) is 2.09. The van der Waals surface area contributed by atoms with Crippen LogP contribution in [0.2, 0.25) is 0 Å². The molecular weight excluding hydrogens is 132 g/mol. The molecule has 1 fully saturated rings. The monoisotopic (exact) mass is 152 g/mol. The summed E-state index contributed by atoms with van der Waals surface area (Å²) in [5.41, 5.74) is 1.69. The van der Waals surface area contributed by atoms with Gasteiger partial charge in [-0.3, -0.25) is 0 Å². The molecule has 0 N–H and O–H groups in total. The van der Waals surface area contributed by atoms with Gasteiger partial charge in [-0.1, -0.05) is 25.5 Å². The maximum absolute atomic E-state index is 2.33. The van der Waals surface area contributed by atoms with Crippen molar-refractivity contribution < 1.29 is 0 Å². The topological polar surface area (TPSA) is 0 Å². The van der Waals surface area contributed by atoms with Crippen LogP contribution in [-0.2, 0) is 0 Å². The van der Waals surface area contributed by atoms with E-state index in [-0.39, 0.29) is 0 Å². The van der Waals surface area contributed by atoms with E-state index in [9.17, 15) is 0 Å². The van der Waals surface area contributed by atoms with Gasteiger partial charge < -0.3 is 0 Å². The Morgan fingerprint density at radius 1 is 1.55 bits per heavy atom. The summed E-state index contributed by atoms with van der Waals surface area (Å²) in [4.78, 5) is 0. The van der Waals surface area contributed by atoms with E-state index in [1.54, 1.807) is 5.57 Å². The van der Waals surface area contributed by atoms with Crippen molar-refractivity contribution in [2.45, 2.75) is 46.5 Å². The third kappa shape index (κ3) is 2.69. The van der Waals surface area contributed by atoms with Crippen LogP contribution in [0.3, 0.4) is 0 Å². The first-order valence-electron chi connectivity index (χ1n) is 4.86. The molecule has 0 radical (unpaired) electrons. The highest BCUT2D eigenvalue weighted by Crippen LogP contribution is 2.33. The second-order valence-electron chi connectivity index (χ2n) is 4.19. The average molecular weight is 152 g/mol. The number of rotatable bonds is 2. The van der Waals surface area contributed by atoms with E-state index in [1.807, 2.05) is 0 Å². The minimum Gasteiger partial charge on any atom is -0.0884 e. The van der Waals surface area contributed by atoms with Crippen molar-refractivity contribution in [3.05, 3.63) is 11.6 Å². The van der Waals surface area contributed by atoms with Crippen molar-refractivity contribution in [1.82, 2.24) is 0 Å². The fourth-order valence-electron chi connectivity index (χ4n) is 2.09. The number of hydrogen-bond acceptors (Lipinski definition) is 0. The van der Waals surface area contributed by atoms with Crippen LogP contribution in [-0.4, -0.2) is 0 Å². The maximum atomic E-state index is 2.33. The minimum atomic E-state index is 0.885. The molecule has 1 aliphatic carbocycles. The average Bonchev–Trinajstić information content (AvgIpc) is 2.34. The van der Waals surface area contributed by atoms with E-state index in [2.05, 4.69) is 26.8 Å². The van der Waals surface area contributed by atoms with Gasteiger partial charge in [-0.25, -0.2) is 0 Å². The lowest BCUT2D eigenvalue weighted by molar-refractivity contribution is 0.424. The zero-order chi connectivity index (χ0) is 8.27. The van der Waals surface area contributed by atoms with Gasteiger partial charge in [0.25, 0.3) is 0 Å². The summed E-state index contributed by atoms with van der Waals surface area (Å²) in [6.07, 6.45) is 7.93. The lowest BCUT2D eigenvalue weighted by Crippen LogP contribution is -1.98. The zero-order valence-electron chi connectivity index (χ0n) is 8.06. The van der Waals surface area contributed by atoms with Crippen molar-refractivity contribution in [3.63, 3.8) is 0 Å². The molecule has 0 heterocycles. The fraction of sp³-hybridized carbons (Fsp3) is 0.818. The van der Waals surface area contributed by atoms with E-state index >= 15 is 0 Å². The zero-order valence-corrected chi connectivity index (χ0v) is 8.06. The Bertz CT molecular complexity index is 142. The molecule has 0 bridgehead atoms. The van der Waals surface area contributed by atoms with Crippen molar-refractivity contribution in [2.75, 3.05) is 0 Å². The second-order valence-corrected chi connectivity index (χ2v) is 4.19. The molecule has 1 atom stereocenters. The number of allylic oxidation sites excluding steroid dienone is 2. The molecule has 1 rings (SSSR count). The van der Waals surface area contributed by atoms with E-state index < -0.39 is 0 Å². The number of hydrogen-bond donors (Lipinski definition) is 0. The van der Waals surface area contributed by atoms with Gasteiger partial charge in [-0.05, 0) is 44.4 Å². The summed E-state index contributed by atoms with van der Waals surface area (Å²) in [5.74, 6) is 1.89. The maximum Gasteiger partial charge on any atom is -0.0292 e. The minimum absolute atomic E-state index is 0.885. The van der Waals surface area contributed by atoms with Crippen LogP contribution in [0, 0.1) is 11.8 Å². The smallest absolute Gasteiger partial charge is 0.0292 e. The van der Waals surface area contributed by atoms with Crippen LogP contribution < -0.4 is 0 Å². The van der Waals surface area contributed by atoms with Crippen molar-refractivity contribution in [2.24, 2.45) is 11.8 Å². The quantitative estimate of drug-likeness (QED) is 0.528. The molecule has 0 heteroatoms. The lowest BCUT2D eigenvalue weighted by Gasteiger charge is -2.10. The lowest BCUT2D eigenvalue weighted by atomic mass is 9.96. The summed E-state index contributed by atoms with van der Waals surface area (Å²) < 4.78 is 0. The predicted molar refractivity (Wildman–Crippen MR) is 50.6 cm³/mol. The standard InChI is InChI=1S/C11H20/c1-4-10-5-6-11(8-10)7-9(2)3/h4,9,11H,5-8H2,1-3H3/b10-4-. The van der Waals surface area contributed by atoms with Gasteiger partial charge in [0.2, 0.25) is 0 Å². The van der Waals surface area contributed by atoms with Gasteiger partial charge >= 0.3 is 0 Å². The highest BCUT2D eigenvalue weighted by Gasteiger charge is 2.18. The summed E-state index contributed by atoms with van der Waals surface area (Å²) in [6, 6.07) is 0. The second kappa shape index (κ2) is 3.94. The van der Waals surface area contributed by atoms with Crippen LogP contribution in [0.5, 0.6) is 0 Å². The Hall–Kier alpha value is -0.260. The largest absolute Gasteiger partial charge is 0.0884 e. The van der Waals surface area contributed by atoms with Gasteiger partial charge in [-0.15, -0.1) is 0 Å². The van der Waals surface area contributed by atoms with Gasteiger partial charge in [-0.2, -0.15) is 0 Å². The molecule has 11 heavy (non-hydrogen) atoms. The molecule has 1 saturated carbocycles. The molecule has 64 valence electrons. The Morgan fingerprint density at radius 3 is 2.73 bits per heavy atom. The molecule has 0 spiro atoms. The van der Waals surface area contributed by atoms with E-state index in [0.717, 1.165) is 11.8 Å². The molecule has 0 aromatic heterocycles. The first kappa shape index (κ1) is 8.83.